The van der Waals surface area contributed by atoms with Crippen molar-refractivity contribution in [3.05, 3.63) is 23.8 Å². The van der Waals surface area contributed by atoms with Crippen LogP contribution < -0.4 is 20.1 Å². The first-order valence-corrected chi connectivity index (χ1v) is 7.23. The molecular weight excluding hydrogens is 286 g/mol. The first-order chi connectivity index (χ1) is 10.8. The van der Waals surface area contributed by atoms with E-state index in [0.717, 1.165) is 23.0 Å². The van der Waals surface area contributed by atoms with Crippen molar-refractivity contribution >= 4 is 5.96 Å². The van der Waals surface area contributed by atoms with Gasteiger partial charge in [-0.25, -0.2) is 0 Å². The van der Waals surface area contributed by atoms with Crippen molar-refractivity contribution in [2.75, 3.05) is 47.3 Å². The van der Waals surface area contributed by atoms with Crippen LogP contribution in [0.3, 0.4) is 0 Å². The van der Waals surface area contributed by atoms with Gasteiger partial charge < -0.3 is 29.6 Å². The molecule has 1 aromatic carbocycles. The number of rotatable bonds is 8. The van der Waals surface area contributed by atoms with Crippen LogP contribution in [0.5, 0.6) is 11.5 Å². The van der Waals surface area contributed by atoms with E-state index in [0.29, 0.717) is 39.7 Å². The van der Waals surface area contributed by atoms with E-state index in [1.54, 1.807) is 14.2 Å². The molecule has 0 fully saturated rings. The molecule has 0 aliphatic carbocycles. The van der Waals surface area contributed by atoms with Gasteiger partial charge in [-0.1, -0.05) is 6.07 Å². The molecule has 1 aromatic rings. The molecule has 0 radical (unpaired) electrons. The zero-order valence-corrected chi connectivity index (χ0v) is 13.1. The minimum Gasteiger partial charge on any atom is -0.454 e. The molecular formula is C15H23N3O4. The van der Waals surface area contributed by atoms with Gasteiger partial charge in [0.05, 0.1) is 19.8 Å². The van der Waals surface area contributed by atoms with Crippen molar-refractivity contribution in [2.24, 2.45) is 4.99 Å². The van der Waals surface area contributed by atoms with Crippen molar-refractivity contribution in [3.8, 4) is 11.5 Å². The van der Waals surface area contributed by atoms with Crippen LogP contribution in [0.1, 0.15) is 5.56 Å². The number of fused-ring (bicyclic) bond motifs is 1. The van der Waals surface area contributed by atoms with Gasteiger partial charge in [-0.15, -0.1) is 0 Å². The molecule has 2 N–H and O–H groups in total. The summed E-state index contributed by atoms with van der Waals surface area (Å²) >= 11 is 0. The summed E-state index contributed by atoms with van der Waals surface area (Å²) in [6.07, 6.45) is 0. The predicted octanol–water partition coefficient (Wildman–Crippen LogP) is 0.743. The Balaban J connectivity index is 1.68. The Hall–Kier alpha value is -1.99. The minimum atomic E-state index is 0.290. The smallest absolute Gasteiger partial charge is 0.231 e. The zero-order valence-electron chi connectivity index (χ0n) is 13.1. The Labute approximate surface area is 130 Å². The number of nitrogens with one attached hydrogen (secondary N) is 2. The number of hydrogen-bond acceptors (Lipinski definition) is 5. The highest BCUT2D eigenvalue weighted by Crippen LogP contribution is 2.32. The van der Waals surface area contributed by atoms with Gasteiger partial charge in [0, 0.05) is 27.2 Å². The monoisotopic (exact) mass is 309 g/mol. The largest absolute Gasteiger partial charge is 0.454 e. The standard InChI is InChI=1S/C15H23N3O4/c1-16-15(17-5-6-20-8-7-19-2)18-10-12-3-4-13-14(9-12)22-11-21-13/h3-4,9H,5-8,10-11H2,1-2H3,(H2,16,17,18). The minimum absolute atomic E-state index is 0.290. The molecule has 0 saturated heterocycles. The highest BCUT2D eigenvalue weighted by molar-refractivity contribution is 5.79. The van der Waals surface area contributed by atoms with Gasteiger partial charge in [0.2, 0.25) is 6.79 Å². The molecule has 122 valence electrons. The lowest BCUT2D eigenvalue weighted by Crippen LogP contribution is -2.38. The second kappa shape index (κ2) is 9.11. The van der Waals surface area contributed by atoms with Crippen LogP contribution in [0, 0.1) is 0 Å². The van der Waals surface area contributed by atoms with Crippen LogP contribution in [0.25, 0.3) is 0 Å². The SMILES string of the molecule is CN=C(NCCOCCOC)NCc1ccc2c(c1)OCO2. The van der Waals surface area contributed by atoms with Gasteiger partial charge in [0.15, 0.2) is 17.5 Å². The van der Waals surface area contributed by atoms with Crippen LogP contribution in [-0.2, 0) is 16.0 Å². The molecule has 1 aliphatic heterocycles. The first kappa shape index (κ1) is 16.4. The third-order valence-electron chi connectivity index (χ3n) is 3.09. The summed E-state index contributed by atoms with van der Waals surface area (Å²) in [5, 5.41) is 6.43. The van der Waals surface area contributed by atoms with Crippen LogP contribution in [0.4, 0.5) is 0 Å². The van der Waals surface area contributed by atoms with Gasteiger partial charge >= 0.3 is 0 Å². The number of benzene rings is 1. The summed E-state index contributed by atoms with van der Waals surface area (Å²) in [6.45, 7) is 3.44. The second-order valence-corrected chi connectivity index (χ2v) is 4.65. The first-order valence-electron chi connectivity index (χ1n) is 7.23. The Kier molecular flexibility index (Phi) is 6.79. The Morgan fingerprint density at radius 3 is 2.86 bits per heavy atom. The average molecular weight is 309 g/mol. The summed E-state index contributed by atoms with van der Waals surface area (Å²) in [6, 6.07) is 5.89. The average Bonchev–Trinajstić information content (AvgIpc) is 3.01. The Morgan fingerprint density at radius 1 is 1.18 bits per heavy atom. The van der Waals surface area contributed by atoms with E-state index in [2.05, 4.69) is 15.6 Å². The number of methoxy groups -OCH3 is 1. The van der Waals surface area contributed by atoms with Crippen molar-refractivity contribution in [1.29, 1.82) is 0 Å². The van der Waals surface area contributed by atoms with Crippen molar-refractivity contribution in [1.82, 2.24) is 10.6 Å². The van der Waals surface area contributed by atoms with Gasteiger partial charge in [0.1, 0.15) is 0 Å². The molecule has 2 rings (SSSR count). The molecule has 22 heavy (non-hydrogen) atoms. The maximum Gasteiger partial charge on any atom is 0.231 e. The second-order valence-electron chi connectivity index (χ2n) is 4.65. The van der Waals surface area contributed by atoms with E-state index >= 15 is 0 Å². The lowest BCUT2D eigenvalue weighted by Gasteiger charge is -2.12. The molecule has 0 spiro atoms. The molecule has 0 unspecified atom stereocenters. The van der Waals surface area contributed by atoms with E-state index in [9.17, 15) is 0 Å². The van der Waals surface area contributed by atoms with Gasteiger partial charge in [0.25, 0.3) is 0 Å². The number of hydrogen-bond donors (Lipinski definition) is 2. The summed E-state index contributed by atoms with van der Waals surface area (Å²) in [4.78, 5) is 4.17. The quantitative estimate of drug-likeness (QED) is 0.419. The Bertz CT molecular complexity index is 494. The van der Waals surface area contributed by atoms with E-state index in [-0.39, 0.29) is 0 Å². The van der Waals surface area contributed by atoms with Crippen LogP contribution in [0.15, 0.2) is 23.2 Å². The Morgan fingerprint density at radius 2 is 2.05 bits per heavy atom. The molecule has 0 atom stereocenters. The normalized spacial score (nSPS) is 13.3. The topological polar surface area (TPSA) is 73.3 Å². The number of guanidine groups is 1. The fraction of sp³-hybridized carbons (Fsp3) is 0.533. The molecule has 0 aromatic heterocycles. The van der Waals surface area contributed by atoms with E-state index < -0.39 is 0 Å². The summed E-state index contributed by atoms with van der Waals surface area (Å²) in [5.41, 5.74) is 1.10. The highest BCUT2D eigenvalue weighted by Gasteiger charge is 2.13. The molecule has 0 bridgehead atoms. The predicted molar refractivity (Wildman–Crippen MR) is 83.5 cm³/mol. The molecule has 1 heterocycles. The fourth-order valence-electron chi connectivity index (χ4n) is 1.94. The summed E-state index contributed by atoms with van der Waals surface area (Å²) in [7, 11) is 3.39. The third kappa shape index (κ3) is 5.09. The highest BCUT2D eigenvalue weighted by atomic mass is 16.7. The van der Waals surface area contributed by atoms with E-state index in [1.807, 2.05) is 18.2 Å². The fourth-order valence-corrected chi connectivity index (χ4v) is 1.94. The van der Waals surface area contributed by atoms with Crippen LogP contribution in [-0.4, -0.2) is 53.3 Å². The molecule has 0 amide bonds. The lowest BCUT2D eigenvalue weighted by atomic mass is 10.2. The van der Waals surface area contributed by atoms with Gasteiger partial charge in [-0.3, -0.25) is 4.99 Å². The van der Waals surface area contributed by atoms with E-state index in [4.69, 9.17) is 18.9 Å². The number of aliphatic imine (C=N–C) groups is 1. The molecule has 7 heteroatoms. The molecule has 1 aliphatic rings. The number of nitrogens with zero attached hydrogens (tertiary/aromatic N) is 1. The lowest BCUT2D eigenvalue weighted by molar-refractivity contribution is 0.0733. The van der Waals surface area contributed by atoms with Crippen molar-refractivity contribution in [2.45, 2.75) is 6.54 Å². The molecule has 0 saturated carbocycles. The van der Waals surface area contributed by atoms with Crippen molar-refractivity contribution in [3.63, 3.8) is 0 Å². The summed E-state index contributed by atoms with van der Waals surface area (Å²) in [5.74, 6) is 2.31. The molecule has 7 nitrogen and oxygen atoms in total. The van der Waals surface area contributed by atoms with Gasteiger partial charge in [-0.05, 0) is 17.7 Å². The van der Waals surface area contributed by atoms with Crippen molar-refractivity contribution < 1.29 is 18.9 Å². The third-order valence-corrected chi connectivity index (χ3v) is 3.09. The zero-order chi connectivity index (χ0) is 15.6. The maximum atomic E-state index is 5.38. The maximum absolute atomic E-state index is 5.38. The van der Waals surface area contributed by atoms with Crippen LogP contribution >= 0.6 is 0 Å². The summed E-state index contributed by atoms with van der Waals surface area (Å²) < 4.78 is 20.9. The number of ether oxygens (including phenoxy) is 4. The van der Waals surface area contributed by atoms with E-state index in [1.165, 1.54) is 0 Å². The van der Waals surface area contributed by atoms with Crippen LogP contribution in [0.2, 0.25) is 0 Å². The van der Waals surface area contributed by atoms with Gasteiger partial charge in [-0.2, -0.15) is 0 Å².